The van der Waals surface area contributed by atoms with Gasteiger partial charge in [0.1, 0.15) is 11.4 Å². The van der Waals surface area contributed by atoms with Crippen LogP contribution >= 0.6 is 0 Å². The smallest absolute Gasteiger partial charge is 0.306 e. The van der Waals surface area contributed by atoms with E-state index in [0.29, 0.717) is 5.82 Å². The van der Waals surface area contributed by atoms with Crippen LogP contribution in [-0.2, 0) is 14.3 Å². The van der Waals surface area contributed by atoms with Crippen molar-refractivity contribution in [2.45, 2.75) is 53.1 Å². The molecule has 0 bridgehead atoms. The number of anilines is 1. The van der Waals surface area contributed by atoms with E-state index in [9.17, 15) is 9.59 Å². The molecule has 0 spiro atoms. The molecule has 5 heteroatoms. The largest absolute Gasteiger partial charge is 0.460 e. The molecule has 0 aliphatic heterocycles. The molecule has 110 valence electrons. The maximum atomic E-state index is 11.7. The number of aryl methyl sites for hydroxylation is 2. The van der Waals surface area contributed by atoms with Gasteiger partial charge in [-0.15, -0.1) is 0 Å². The first-order valence-electron chi connectivity index (χ1n) is 6.63. The summed E-state index contributed by atoms with van der Waals surface area (Å²) in [7, 11) is 0. The van der Waals surface area contributed by atoms with Gasteiger partial charge in [-0.3, -0.25) is 9.59 Å². The average Bonchev–Trinajstić information content (AvgIpc) is 2.22. The highest BCUT2D eigenvalue weighted by Crippen LogP contribution is 2.11. The van der Waals surface area contributed by atoms with E-state index in [0.717, 1.165) is 11.3 Å². The van der Waals surface area contributed by atoms with Crippen LogP contribution in [-0.4, -0.2) is 22.5 Å². The SMILES string of the molecule is Cc1cc(C)nc(NC(=O)CCC(=O)OC(C)(C)C)c1. The fourth-order valence-electron chi connectivity index (χ4n) is 1.72. The minimum absolute atomic E-state index is 0.0634. The maximum Gasteiger partial charge on any atom is 0.306 e. The molecule has 0 aromatic carbocycles. The molecule has 0 saturated heterocycles. The van der Waals surface area contributed by atoms with Gasteiger partial charge in [0.2, 0.25) is 5.91 Å². The number of nitrogens with zero attached hydrogens (tertiary/aromatic N) is 1. The Morgan fingerprint density at radius 2 is 1.85 bits per heavy atom. The van der Waals surface area contributed by atoms with Gasteiger partial charge in [-0.2, -0.15) is 0 Å². The molecule has 0 saturated carbocycles. The van der Waals surface area contributed by atoms with Gasteiger partial charge >= 0.3 is 5.97 Å². The fourth-order valence-corrected chi connectivity index (χ4v) is 1.72. The summed E-state index contributed by atoms with van der Waals surface area (Å²) < 4.78 is 5.14. The van der Waals surface area contributed by atoms with E-state index in [4.69, 9.17) is 4.74 Å². The third kappa shape index (κ3) is 6.31. The van der Waals surface area contributed by atoms with Gasteiger partial charge in [-0.05, 0) is 52.3 Å². The normalized spacial score (nSPS) is 11.1. The Balaban J connectivity index is 2.46. The van der Waals surface area contributed by atoms with Crippen molar-refractivity contribution in [3.05, 3.63) is 23.4 Å². The number of aromatic nitrogens is 1. The van der Waals surface area contributed by atoms with Crippen molar-refractivity contribution in [2.24, 2.45) is 0 Å². The van der Waals surface area contributed by atoms with E-state index in [2.05, 4.69) is 10.3 Å². The first kappa shape index (κ1) is 16.1. The van der Waals surface area contributed by atoms with Crippen molar-refractivity contribution in [3.8, 4) is 0 Å². The Morgan fingerprint density at radius 1 is 1.20 bits per heavy atom. The van der Waals surface area contributed by atoms with E-state index >= 15 is 0 Å². The van der Waals surface area contributed by atoms with E-state index in [1.807, 2.05) is 19.9 Å². The van der Waals surface area contributed by atoms with Crippen LogP contribution in [0.25, 0.3) is 0 Å². The lowest BCUT2D eigenvalue weighted by atomic mass is 10.2. The van der Waals surface area contributed by atoms with E-state index in [-0.39, 0.29) is 24.7 Å². The Labute approximate surface area is 119 Å². The highest BCUT2D eigenvalue weighted by atomic mass is 16.6. The van der Waals surface area contributed by atoms with Crippen molar-refractivity contribution in [3.63, 3.8) is 0 Å². The van der Waals surface area contributed by atoms with E-state index < -0.39 is 5.60 Å². The molecular formula is C15H22N2O3. The zero-order chi connectivity index (χ0) is 15.3. The molecule has 1 heterocycles. The van der Waals surface area contributed by atoms with Crippen LogP contribution in [0.5, 0.6) is 0 Å². The highest BCUT2D eigenvalue weighted by molar-refractivity contribution is 5.91. The van der Waals surface area contributed by atoms with Gasteiger partial charge in [0, 0.05) is 12.1 Å². The number of rotatable bonds is 4. The van der Waals surface area contributed by atoms with Crippen LogP contribution < -0.4 is 5.32 Å². The molecule has 1 aromatic heterocycles. The molecule has 0 aliphatic rings. The summed E-state index contributed by atoms with van der Waals surface area (Å²) in [5, 5.41) is 2.68. The summed E-state index contributed by atoms with van der Waals surface area (Å²) in [5.74, 6) is -0.105. The van der Waals surface area contributed by atoms with Crippen molar-refractivity contribution >= 4 is 17.7 Å². The Hall–Kier alpha value is -1.91. The van der Waals surface area contributed by atoms with Crippen molar-refractivity contribution in [2.75, 3.05) is 5.32 Å². The molecule has 5 nitrogen and oxygen atoms in total. The number of nitrogens with one attached hydrogen (secondary N) is 1. The Morgan fingerprint density at radius 3 is 2.40 bits per heavy atom. The second-order valence-electron chi connectivity index (χ2n) is 5.81. The summed E-state index contributed by atoms with van der Waals surface area (Å²) in [6, 6.07) is 3.72. The number of pyridine rings is 1. The van der Waals surface area contributed by atoms with E-state index in [1.54, 1.807) is 26.8 Å². The zero-order valence-corrected chi connectivity index (χ0v) is 12.7. The predicted molar refractivity (Wildman–Crippen MR) is 77.4 cm³/mol. The summed E-state index contributed by atoms with van der Waals surface area (Å²) in [6.45, 7) is 9.19. The van der Waals surface area contributed by atoms with Gasteiger partial charge in [0.25, 0.3) is 0 Å². The lowest BCUT2D eigenvalue weighted by Gasteiger charge is -2.19. The second kappa shape index (κ2) is 6.50. The molecule has 0 unspecified atom stereocenters. The number of hydrogen-bond acceptors (Lipinski definition) is 4. The van der Waals surface area contributed by atoms with Gasteiger partial charge in [-0.1, -0.05) is 0 Å². The van der Waals surface area contributed by atoms with Crippen LogP contribution in [0.15, 0.2) is 12.1 Å². The minimum atomic E-state index is -0.525. The van der Waals surface area contributed by atoms with Gasteiger partial charge < -0.3 is 10.1 Å². The van der Waals surface area contributed by atoms with Gasteiger partial charge in [0.05, 0.1) is 6.42 Å². The lowest BCUT2D eigenvalue weighted by Crippen LogP contribution is -2.24. The fraction of sp³-hybridized carbons (Fsp3) is 0.533. The number of amides is 1. The molecule has 0 aliphatic carbocycles. The summed E-state index contributed by atoms with van der Waals surface area (Å²) in [5.41, 5.74) is 1.34. The molecule has 1 aromatic rings. The quantitative estimate of drug-likeness (QED) is 0.860. The van der Waals surface area contributed by atoms with Crippen molar-refractivity contribution < 1.29 is 14.3 Å². The number of carbonyl (C=O) groups is 2. The lowest BCUT2D eigenvalue weighted by molar-refractivity contribution is -0.155. The monoisotopic (exact) mass is 278 g/mol. The van der Waals surface area contributed by atoms with Gasteiger partial charge in [-0.25, -0.2) is 4.98 Å². The number of carbonyl (C=O) groups excluding carboxylic acids is 2. The minimum Gasteiger partial charge on any atom is -0.460 e. The highest BCUT2D eigenvalue weighted by Gasteiger charge is 2.17. The van der Waals surface area contributed by atoms with Crippen LogP contribution in [0.4, 0.5) is 5.82 Å². The Bertz CT molecular complexity index is 484. The number of hydrogen-bond donors (Lipinski definition) is 1. The molecule has 1 rings (SSSR count). The molecule has 1 N–H and O–H groups in total. The van der Waals surface area contributed by atoms with Crippen LogP contribution in [0.2, 0.25) is 0 Å². The Kier molecular flexibility index (Phi) is 5.25. The summed E-state index contributed by atoms with van der Waals surface area (Å²) >= 11 is 0. The van der Waals surface area contributed by atoms with Crippen molar-refractivity contribution in [1.82, 2.24) is 4.98 Å². The molecular weight excluding hydrogens is 256 g/mol. The maximum absolute atomic E-state index is 11.7. The number of esters is 1. The standard InChI is InChI=1S/C15H22N2O3/c1-10-8-11(2)16-12(9-10)17-13(18)6-7-14(19)20-15(3,4)5/h8-9H,6-7H2,1-5H3,(H,16,17,18). The summed E-state index contributed by atoms with van der Waals surface area (Å²) in [4.78, 5) is 27.5. The third-order valence-corrected chi connectivity index (χ3v) is 2.34. The van der Waals surface area contributed by atoms with Crippen LogP contribution in [0.1, 0.15) is 44.9 Å². The van der Waals surface area contributed by atoms with Crippen molar-refractivity contribution in [1.29, 1.82) is 0 Å². The zero-order valence-electron chi connectivity index (χ0n) is 12.7. The molecule has 0 atom stereocenters. The molecule has 0 fully saturated rings. The van der Waals surface area contributed by atoms with Crippen LogP contribution in [0, 0.1) is 13.8 Å². The molecule has 1 amide bonds. The van der Waals surface area contributed by atoms with Gasteiger partial charge in [0.15, 0.2) is 0 Å². The first-order chi connectivity index (χ1) is 9.15. The topological polar surface area (TPSA) is 68.3 Å². The second-order valence-corrected chi connectivity index (χ2v) is 5.81. The number of ether oxygens (including phenoxy) is 1. The van der Waals surface area contributed by atoms with Crippen LogP contribution in [0.3, 0.4) is 0 Å². The molecule has 0 radical (unpaired) electrons. The van der Waals surface area contributed by atoms with E-state index in [1.165, 1.54) is 0 Å². The predicted octanol–water partition coefficient (Wildman–Crippen LogP) is 2.76. The summed E-state index contributed by atoms with van der Waals surface area (Å²) in [6.07, 6.45) is 0.150. The first-order valence-corrected chi connectivity index (χ1v) is 6.63. The molecule has 20 heavy (non-hydrogen) atoms. The third-order valence-electron chi connectivity index (χ3n) is 2.34. The average molecular weight is 278 g/mol.